The highest BCUT2D eigenvalue weighted by molar-refractivity contribution is 6.15. The maximum absolute atomic E-state index is 12.1. The van der Waals surface area contributed by atoms with Gasteiger partial charge in [-0.2, -0.15) is 0 Å². The Kier molecular flexibility index (Phi) is 6.11. The van der Waals surface area contributed by atoms with Crippen molar-refractivity contribution in [2.75, 3.05) is 18.5 Å². The molecule has 1 heterocycles. The summed E-state index contributed by atoms with van der Waals surface area (Å²) in [5.74, 6) is -1.85. The maximum Gasteiger partial charge on any atom is 0.329 e. The van der Waals surface area contributed by atoms with E-state index in [-0.39, 0.29) is 18.2 Å². The van der Waals surface area contributed by atoms with E-state index in [4.69, 9.17) is 9.84 Å². The van der Waals surface area contributed by atoms with Crippen LogP contribution in [-0.2, 0) is 14.4 Å². The molecule has 1 aliphatic heterocycles. The minimum absolute atomic E-state index is 0.0209. The molecule has 4 amide bonds. The van der Waals surface area contributed by atoms with E-state index in [2.05, 4.69) is 10.6 Å². The van der Waals surface area contributed by atoms with Gasteiger partial charge in [0.2, 0.25) is 0 Å². The van der Waals surface area contributed by atoms with Crippen molar-refractivity contribution >= 4 is 35.6 Å². The Morgan fingerprint density at radius 1 is 1.10 bits per heavy atom. The standard InChI is InChI=1S/C21H19N3O6/c1-13-2-6-15(7-3-13)22-18(25)12-30-16-8-4-14(5-9-16)10-17-20(28)24(11-19(26)27)21(29)23-17/h2-10H,11-12H2,1H3,(H,22,25)(H,23,29)(H,26,27)/b17-10+. The molecule has 2 aromatic rings. The fraction of sp³-hybridized carbons (Fsp3) is 0.143. The van der Waals surface area contributed by atoms with Crippen LogP contribution in [0, 0.1) is 6.92 Å². The lowest BCUT2D eigenvalue weighted by molar-refractivity contribution is -0.140. The molecule has 0 bridgehead atoms. The van der Waals surface area contributed by atoms with Crippen LogP contribution in [0.25, 0.3) is 6.08 Å². The van der Waals surface area contributed by atoms with Gasteiger partial charge in [-0.15, -0.1) is 0 Å². The van der Waals surface area contributed by atoms with Crippen molar-refractivity contribution in [1.82, 2.24) is 10.2 Å². The van der Waals surface area contributed by atoms with Crippen LogP contribution in [0.1, 0.15) is 11.1 Å². The molecule has 9 nitrogen and oxygen atoms in total. The van der Waals surface area contributed by atoms with Crippen molar-refractivity contribution in [3.63, 3.8) is 0 Å². The lowest BCUT2D eigenvalue weighted by Crippen LogP contribution is -2.35. The van der Waals surface area contributed by atoms with Crippen molar-refractivity contribution in [1.29, 1.82) is 0 Å². The summed E-state index contributed by atoms with van der Waals surface area (Å²) in [7, 11) is 0. The van der Waals surface area contributed by atoms with Gasteiger partial charge in [-0.1, -0.05) is 29.8 Å². The number of benzene rings is 2. The molecule has 0 unspecified atom stereocenters. The van der Waals surface area contributed by atoms with E-state index >= 15 is 0 Å². The van der Waals surface area contributed by atoms with E-state index in [0.717, 1.165) is 5.56 Å². The van der Waals surface area contributed by atoms with E-state index in [9.17, 15) is 19.2 Å². The van der Waals surface area contributed by atoms with Gasteiger partial charge in [0.1, 0.15) is 18.0 Å². The van der Waals surface area contributed by atoms with Crippen molar-refractivity contribution in [3.05, 3.63) is 65.4 Å². The number of urea groups is 1. The fourth-order valence-electron chi connectivity index (χ4n) is 2.66. The highest BCUT2D eigenvalue weighted by Gasteiger charge is 2.34. The first-order valence-corrected chi connectivity index (χ1v) is 8.97. The van der Waals surface area contributed by atoms with Crippen LogP contribution in [-0.4, -0.2) is 47.0 Å². The molecule has 1 saturated heterocycles. The molecule has 0 atom stereocenters. The van der Waals surface area contributed by atoms with Gasteiger partial charge in [-0.25, -0.2) is 9.69 Å². The number of hydrogen-bond donors (Lipinski definition) is 3. The first-order valence-electron chi connectivity index (χ1n) is 8.97. The number of carbonyl (C=O) groups is 4. The summed E-state index contributed by atoms with van der Waals surface area (Å²) >= 11 is 0. The minimum Gasteiger partial charge on any atom is -0.484 e. The van der Waals surface area contributed by atoms with Gasteiger partial charge in [-0.3, -0.25) is 14.4 Å². The summed E-state index contributed by atoms with van der Waals surface area (Å²) in [6, 6.07) is 13.1. The summed E-state index contributed by atoms with van der Waals surface area (Å²) in [5.41, 5.74) is 2.34. The molecule has 0 spiro atoms. The Balaban J connectivity index is 1.56. The lowest BCUT2D eigenvalue weighted by atomic mass is 10.2. The maximum atomic E-state index is 12.1. The van der Waals surface area contributed by atoms with E-state index in [0.29, 0.717) is 21.9 Å². The number of anilines is 1. The molecule has 0 aliphatic carbocycles. The Labute approximate surface area is 171 Å². The predicted molar refractivity (Wildman–Crippen MR) is 108 cm³/mol. The summed E-state index contributed by atoms with van der Waals surface area (Å²) in [6.45, 7) is 1.07. The number of hydrogen-bond acceptors (Lipinski definition) is 5. The molecule has 1 aliphatic rings. The zero-order valence-electron chi connectivity index (χ0n) is 16.0. The minimum atomic E-state index is -1.28. The summed E-state index contributed by atoms with van der Waals surface area (Å²) < 4.78 is 5.44. The average Bonchev–Trinajstić information content (AvgIpc) is 2.96. The van der Waals surface area contributed by atoms with Crippen LogP contribution in [0.5, 0.6) is 5.75 Å². The number of ether oxygens (including phenoxy) is 1. The zero-order chi connectivity index (χ0) is 21.7. The van der Waals surface area contributed by atoms with Gasteiger partial charge in [0.15, 0.2) is 6.61 Å². The van der Waals surface area contributed by atoms with Crippen LogP contribution in [0.3, 0.4) is 0 Å². The monoisotopic (exact) mass is 409 g/mol. The third-order valence-corrected chi connectivity index (χ3v) is 4.15. The third kappa shape index (κ3) is 5.22. The zero-order valence-corrected chi connectivity index (χ0v) is 16.0. The highest BCUT2D eigenvalue weighted by atomic mass is 16.5. The van der Waals surface area contributed by atoms with Crippen molar-refractivity contribution in [3.8, 4) is 5.75 Å². The molecular weight excluding hydrogens is 390 g/mol. The summed E-state index contributed by atoms with van der Waals surface area (Å²) in [4.78, 5) is 47.1. The fourth-order valence-corrected chi connectivity index (χ4v) is 2.66. The SMILES string of the molecule is Cc1ccc(NC(=O)COc2ccc(/C=C3/NC(=O)N(CC(=O)O)C3=O)cc2)cc1. The van der Waals surface area contributed by atoms with Gasteiger partial charge in [0, 0.05) is 5.69 Å². The summed E-state index contributed by atoms with van der Waals surface area (Å²) in [6.07, 6.45) is 1.43. The van der Waals surface area contributed by atoms with Crippen LogP contribution in [0.4, 0.5) is 10.5 Å². The number of imide groups is 1. The largest absolute Gasteiger partial charge is 0.484 e. The van der Waals surface area contributed by atoms with Gasteiger partial charge < -0.3 is 20.5 Å². The molecule has 30 heavy (non-hydrogen) atoms. The van der Waals surface area contributed by atoms with Crippen LogP contribution in [0.15, 0.2) is 54.2 Å². The highest BCUT2D eigenvalue weighted by Crippen LogP contribution is 2.17. The smallest absolute Gasteiger partial charge is 0.329 e. The second-order valence-electron chi connectivity index (χ2n) is 6.55. The Bertz CT molecular complexity index is 1010. The number of aliphatic carboxylic acids is 1. The number of carboxylic acid groups (broad SMARTS) is 1. The second-order valence-corrected chi connectivity index (χ2v) is 6.55. The molecule has 9 heteroatoms. The molecule has 0 radical (unpaired) electrons. The lowest BCUT2D eigenvalue weighted by Gasteiger charge is -2.08. The van der Waals surface area contributed by atoms with Gasteiger partial charge >= 0.3 is 12.0 Å². The molecule has 0 aromatic heterocycles. The van der Waals surface area contributed by atoms with Gasteiger partial charge in [0.05, 0.1) is 0 Å². The predicted octanol–water partition coefficient (Wildman–Crippen LogP) is 1.99. The Hall–Kier alpha value is -4.14. The number of rotatable bonds is 7. The van der Waals surface area contributed by atoms with E-state index in [1.54, 1.807) is 36.4 Å². The quantitative estimate of drug-likeness (QED) is 0.474. The van der Waals surface area contributed by atoms with Crippen LogP contribution < -0.4 is 15.4 Å². The van der Waals surface area contributed by atoms with Crippen LogP contribution in [0.2, 0.25) is 0 Å². The number of carboxylic acids is 1. The average molecular weight is 409 g/mol. The van der Waals surface area contributed by atoms with Gasteiger partial charge in [0.25, 0.3) is 11.8 Å². The molecule has 2 aromatic carbocycles. The van der Waals surface area contributed by atoms with Crippen LogP contribution >= 0.6 is 0 Å². The molecule has 0 saturated carbocycles. The first-order chi connectivity index (χ1) is 14.3. The molecular formula is C21H19N3O6. The number of nitrogens with one attached hydrogen (secondary N) is 2. The number of carbonyl (C=O) groups excluding carboxylic acids is 3. The molecule has 154 valence electrons. The number of nitrogens with zero attached hydrogens (tertiary/aromatic N) is 1. The number of aryl methyl sites for hydroxylation is 1. The van der Waals surface area contributed by atoms with E-state index < -0.39 is 24.5 Å². The van der Waals surface area contributed by atoms with Crippen molar-refractivity contribution in [2.45, 2.75) is 6.92 Å². The van der Waals surface area contributed by atoms with Crippen molar-refractivity contribution in [2.24, 2.45) is 0 Å². The Morgan fingerprint density at radius 3 is 2.40 bits per heavy atom. The van der Waals surface area contributed by atoms with E-state index in [1.165, 1.54) is 6.08 Å². The third-order valence-electron chi connectivity index (χ3n) is 4.15. The Morgan fingerprint density at radius 2 is 1.77 bits per heavy atom. The van der Waals surface area contributed by atoms with Crippen molar-refractivity contribution < 1.29 is 29.0 Å². The normalized spacial score (nSPS) is 14.6. The molecule has 3 N–H and O–H groups in total. The molecule has 3 rings (SSSR count). The topological polar surface area (TPSA) is 125 Å². The summed E-state index contributed by atoms with van der Waals surface area (Å²) in [5, 5.41) is 13.8. The van der Waals surface area contributed by atoms with Gasteiger partial charge in [-0.05, 0) is 42.8 Å². The van der Waals surface area contributed by atoms with E-state index in [1.807, 2.05) is 19.1 Å². The number of amides is 4. The first kappa shape index (κ1) is 20.6. The molecule has 1 fully saturated rings. The second kappa shape index (κ2) is 8.91.